The number of carbonyl (C=O) groups is 2. The Bertz CT molecular complexity index is 1350. The number of nitrogens with one attached hydrogen (secondary N) is 1. The van der Waals surface area contributed by atoms with Crippen LogP contribution in [0.3, 0.4) is 0 Å². The number of sulfonamides is 1. The van der Waals surface area contributed by atoms with Gasteiger partial charge in [-0.3, -0.25) is 13.9 Å². The van der Waals surface area contributed by atoms with Crippen LogP contribution in [0.5, 0.6) is 5.75 Å². The zero-order valence-electron chi connectivity index (χ0n) is 22.5. The van der Waals surface area contributed by atoms with Crippen molar-refractivity contribution in [3.05, 3.63) is 90.2 Å². The van der Waals surface area contributed by atoms with Gasteiger partial charge in [-0.25, -0.2) is 12.8 Å². The topological polar surface area (TPSA) is 96.0 Å². The second-order valence-electron chi connectivity index (χ2n) is 9.26. The van der Waals surface area contributed by atoms with E-state index >= 15 is 0 Å². The lowest BCUT2D eigenvalue weighted by molar-refractivity contribution is -0.140. The molecule has 0 bridgehead atoms. The first-order chi connectivity index (χ1) is 18.6. The molecule has 3 aromatic carbocycles. The highest BCUT2D eigenvalue weighted by Gasteiger charge is 2.33. The summed E-state index contributed by atoms with van der Waals surface area (Å²) >= 11 is 0. The van der Waals surface area contributed by atoms with Crippen LogP contribution in [-0.2, 0) is 26.2 Å². The third-order valence-electron chi connectivity index (χ3n) is 6.05. The molecule has 0 aliphatic heterocycles. The van der Waals surface area contributed by atoms with E-state index in [9.17, 15) is 22.4 Å². The van der Waals surface area contributed by atoms with E-state index in [4.69, 9.17) is 4.74 Å². The molecule has 208 valence electrons. The van der Waals surface area contributed by atoms with Crippen LogP contribution >= 0.6 is 0 Å². The van der Waals surface area contributed by atoms with Gasteiger partial charge < -0.3 is 15.0 Å². The van der Waals surface area contributed by atoms with Gasteiger partial charge in [-0.05, 0) is 74.4 Å². The number of halogens is 1. The molecule has 1 atom stereocenters. The van der Waals surface area contributed by atoms with Gasteiger partial charge in [-0.15, -0.1) is 0 Å². The van der Waals surface area contributed by atoms with Crippen molar-refractivity contribution in [3.63, 3.8) is 0 Å². The van der Waals surface area contributed by atoms with Crippen LogP contribution < -0.4 is 14.4 Å². The largest absolute Gasteiger partial charge is 0.497 e. The standard InChI is InChI=1S/C29H34FN3O5S/c1-5-27(29(35)31-21(2)3)32(19-22-11-13-23(30)14-12-22)28(34)20-33(24-9-7-6-8-10-24)39(36,37)26-17-15-25(38-4)16-18-26/h6-18,21,27H,5,19-20H2,1-4H3,(H,31,35)/t27-/m0/s1. The predicted octanol–water partition coefficient (Wildman–Crippen LogP) is 4.36. The number of methoxy groups -OCH3 is 1. The first-order valence-electron chi connectivity index (χ1n) is 12.6. The third kappa shape index (κ3) is 7.57. The molecule has 0 fully saturated rings. The van der Waals surface area contributed by atoms with Crippen molar-refractivity contribution in [1.82, 2.24) is 10.2 Å². The van der Waals surface area contributed by atoms with Crippen molar-refractivity contribution in [2.45, 2.75) is 50.7 Å². The molecule has 0 saturated carbocycles. The van der Waals surface area contributed by atoms with Crippen molar-refractivity contribution in [3.8, 4) is 5.75 Å². The fourth-order valence-corrected chi connectivity index (χ4v) is 5.50. The Balaban J connectivity index is 2.03. The molecule has 0 heterocycles. The minimum atomic E-state index is -4.18. The van der Waals surface area contributed by atoms with Crippen molar-refractivity contribution in [2.75, 3.05) is 18.0 Å². The minimum Gasteiger partial charge on any atom is -0.497 e. The molecule has 39 heavy (non-hydrogen) atoms. The SMILES string of the molecule is CC[C@@H](C(=O)NC(C)C)N(Cc1ccc(F)cc1)C(=O)CN(c1ccccc1)S(=O)(=O)c1ccc(OC)cc1. The lowest BCUT2D eigenvalue weighted by atomic mass is 10.1. The molecule has 0 radical (unpaired) electrons. The molecule has 0 spiro atoms. The molecule has 3 aromatic rings. The second-order valence-corrected chi connectivity index (χ2v) is 11.1. The maximum atomic E-state index is 13.9. The number of hydrogen-bond donors (Lipinski definition) is 1. The Morgan fingerprint density at radius 1 is 0.949 bits per heavy atom. The van der Waals surface area contributed by atoms with Crippen LogP contribution in [0, 0.1) is 5.82 Å². The van der Waals surface area contributed by atoms with Crippen molar-refractivity contribution < 1.29 is 27.1 Å². The number of nitrogens with zero attached hydrogens (tertiary/aromatic N) is 2. The van der Waals surface area contributed by atoms with E-state index in [0.717, 1.165) is 4.31 Å². The number of benzene rings is 3. The molecule has 0 aliphatic rings. The lowest BCUT2D eigenvalue weighted by Gasteiger charge is -2.33. The maximum absolute atomic E-state index is 13.9. The van der Waals surface area contributed by atoms with Crippen molar-refractivity contribution >= 4 is 27.5 Å². The summed E-state index contributed by atoms with van der Waals surface area (Å²) in [6.45, 7) is 4.85. The van der Waals surface area contributed by atoms with Crippen molar-refractivity contribution in [2.24, 2.45) is 0 Å². The van der Waals surface area contributed by atoms with Gasteiger partial charge in [-0.1, -0.05) is 37.3 Å². The van der Waals surface area contributed by atoms with Gasteiger partial charge in [0.05, 0.1) is 17.7 Å². The molecule has 0 saturated heterocycles. The summed E-state index contributed by atoms with van der Waals surface area (Å²) < 4.78 is 47.3. The average Bonchev–Trinajstić information content (AvgIpc) is 2.92. The van der Waals surface area contributed by atoms with Gasteiger partial charge in [0, 0.05) is 12.6 Å². The number of hydrogen-bond acceptors (Lipinski definition) is 5. The Morgan fingerprint density at radius 3 is 2.10 bits per heavy atom. The number of carbonyl (C=O) groups excluding carboxylic acids is 2. The molecule has 1 N–H and O–H groups in total. The molecule has 8 nitrogen and oxygen atoms in total. The van der Waals surface area contributed by atoms with E-state index in [1.807, 2.05) is 13.8 Å². The molecule has 10 heteroatoms. The van der Waals surface area contributed by atoms with Crippen LogP contribution in [0.1, 0.15) is 32.8 Å². The summed E-state index contributed by atoms with van der Waals surface area (Å²) in [5.41, 5.74) is 0.896. The Morgan fingerprint density at radius 2 is 1.56 bits per heavy atom. The zero-order valence-corrected chi connectivity index (χ0v) is 23.3. The fraction of sp³-hybridized carbons (Fsp3) is 0.310. The van der Waals surface area contributed by atoms with Crippen LogP contribution in [0.2, 0.25) is 0 Å². The number of rotatable bonds is 12. The first kappa shape index (κ1) is 29.6. The van der Waals surface area contributed by atoms with Gasteiger partial charge in [0.15, 0.2) is 0 Å². The summed E-state index contributed by atoms with van der Waals surface area (Å²) in [5.74, 6) is -0.871. The van der Waals surface area contributed by atoms with Gasteiger partial charge in [0.1, 0.15) is 24.2 Å². The van der Waals surface area contributed by atoms with E-state index < -0.39 is 34.3 Å². The first-order valence-corrected chi connectivity index (χ1v) is 14.1. The van der Waals surface area contributed by atoms with Crippen LogP contribution in [0.15, 0.2) is 83.8 Å². The maximum Gasteiger partial charge on any atom is 0.264 e. The number of para-hydroxylation sites is 1. The Labute approximate surface area is 229 Å². The minimum absolute atomic E-state index is 0.00561. The third-order valence-corrected chi connectivity index (χ3v) is 7.84. The Kier molecular flexibility index (Phi) is 10.1. The van der Waals surface area contributed by atoms with E-state index in [0.29, 0.717) is 23.4 Å². The van der Waals surface area contributed by atoms with E-state index in [2.05, 4.69) is 5.32 Å². The quantitative estimate of drug-likeness (QED) is 0.358. The van der Waals surface area contributed by atoms with E-state index in [1.54, 1.807) is 37.3 Å². The van der Waals surface area contributed by atoms with Gasteiger partial charge in [0.2, 0.25) is 11.8 Å². The number of amides is 2. The second kappa shape index (κ2) is 13.2. The van der Waals surface area contributed by atoms with Crippen LogP contribution in [0.4, 0.5) is 10.1 Å². The zero-order chi connectivity index (χ0) is 28.6. The molecule has 0 aromatic heterocycles. The van der Waals surface area contributed by atoms with Crippen LogP contribution in [-0.4, -0.2) is 50.9 Å². The summed E-state index contributed by atoms with van der Waals surface area (Å²) in [4.78, 5) is 28.3. The Hall–Kier alpha value is -3.92. The fourth-order valence-electron chi connectivity index (χ4n) is 4.08. The van der Waals surface area contributed by atoms with Gasteiger partial charge in [-0.2, -0.15) is 0 Å². The molecular formula is C29H34FN3O5S. The molecule has 0 aliphatic carbocycles. The summed E-state index contributed by atoms with van der Waals surface area (Å²) in [6, 6.07) is 18.8. The molecule has 2 amide bonds. The highest BCUT2D eigenvalue weighted by atomic mass is 32.2. The van der Waals surface area contributed by atoms with Gasteiger partial charge >= 0.3 is 0 Å². The smallest absolute Gasteiger partial charge is 0.264 e. The lowest BCUT2D eigenvalue weighted by Crippen LogP contribution is -2.53. The van der Waals surface area contributed by atoms with E-state index in [1.165, 1.54) is 60.5 Å². The molecule has 0 unspecified atom stereocenters. The monoisotopic (exact) mass is 555 g/mol. The summed E-state index contributed by atoms with van der Waals surface area (Å²) in [6.07, 6.45) is 0.294. The average molecular weight is 556 g/mol. The number of ether oxygens (including phenoxy) is 1. The predicted molar refractivity (Wildman–Crippen MR) is 148 cm³/mol. The summed E-state index contributed by atoms with van der Waals surface area (Å²) in [5, 5.41) is 2.84. The molecular weight excluding hydrogens is 521 g/mol. The van der Waals surface area contributed by atoms with E-state index in [-0.39, 0.29) is 23.4 Å². The van der Waals surface area contributed by atoms with Crippen molar-refractivity contribution in [1.29, 1.82) is 0 Å². The van der Waals surface area contributed by atoms with Crippen LogP contribution in [0.25, 0.3) is 0 Å². The van der Waals surface area contributed by atoms with Gasteiger partial charge in [0.25, 0.3) is 10.0 Å². The molecule has 3 rings (SSSR count). The highest BCUT2D eigenvalue weighted by Crippen LogP contribution is 2.26. The summed E-state index contributed by atoms with van der Waals surface area (Å²) in [7, 11) is -2.70. The normalized spacial score (nSPS) is 12.1. The highest BCUT2D eigenvalue weighted by molar-refractivity contribution is 7.92. The number of anilines is 1.